The maximum atomic E-state index is 5.59. The minimum Gasteiger partial charge on any atom is -0.481 e. The lowest BCUT2D eigenvalue weighted by Crippen LogP contribution is -2.32. The van der Waals surface area contributed by atoms with Crippen molar-refractivity contribution >= 4 is 5.82 Å². The molecule has 1 saturated heterocycles. The van der Waals surface area contributed by atoms with Crippen LogP contribution in [-0.2, 0) is 0 Å². The molecule has 0 spiro atoms. The van der Waals surface area contributed by atoms with Gasteiger partial charge in [-0.3, -0.25) is 0 Å². The van der Waals surface area contributed by atoms with Gasteiger partial charge in [-0.1, -0.05) is 0 Å². The van der Waals surface area contributed by atoms with E-state index in [1.807, 2.05) is 6.92 Å². The predicted molar refractivity (Wildman–Crippen MR) is 80.3 cm³/mol. The summed E-state index contributed by atoms with van der Waals surface area (Å²) >= 11 is 0. The van der Waals surface area contributed by atoms with E-state index in [2.05, 4.69) is 19.8 Å². The minimum absolute atomic E-state index is 0.666. The molecule has 0 unspecified atom stereocenters. The summed E-state index contributed by atoms with van der Waals surface area (Å²) in [4.78, 5) is 13.4. The monoisotopic (exact) mass is 279 g/mol. The lowest BCUT2D eigenvalue weighted by Gasteiger charge is -2.24. The fourth-order valence-electron chi connectivity index (χ4n) is 2.67. The van der Waals surface area contributed by atoms with Crippen molar-refractivity contribution in [2.24, 2.45) is 5.73 Å². The van der Waals surface area contributed by atoms with Crippen molar-refractivity contribution in [3.63, 3.8) is 0 Å². The molecule has 0 bridgehead atoms. The van der Waals surface area contributed by atoms with Gasteiger partial charge < -0.3 is 20.3 Å². The Morgan fingerprint density at radius 2 is 2.10 bits per heavy atom. The van der Waals surface area contributed by atoms with Gasteiger partial charge in [0, 0.05) is 19.6 Å². The summed E-state index contributed by atoms with van der Waals surface area (Å²) in [6.45, 7) is 8.10. The van der Waals surface area contributed by atoms with Crippen molar-refractivity contribution in [3.05, 3.63) is 11.9 Å². The molecule has 0 saturated carbocycles. The van der Waals surface area contributed by atoms with E-state index in [4.69, 9.17) is 10.5 Å². The third-order valence-electron chi connectivity index (χ3n) is 3.77. The van der Waals surface area contributed by atoms with Crippen LogP contribution in [0.5, 0.6) is 5.88 Å². The first-order valence-corrected chi connectivity index (χ1v) is 7.29. The van der Waals surface area contributed by atoms with Gasteiger partial charge in [-0.05, 0) is 39.4 Å². The summed E-state index contributed by atoms with van der Waals surface area (Å²) in [7, 11) is 1.65. The number of aromatic nitrogens is 2. The maximum Gasteiger partial charge on any atom is 0.221 e. The van der Waals surface area contributed by atoms with Crippen LogP contribution in [0.25, 0.3) is 0 Å². The molecule has 2 N–H and O–H groups in total. The molecule has 0 atom stereocenters. The van der Waals surface area contributed by atoms with E-state index in [1.165, 1.54) is 0 Å². The first kappa shape index (κ1) is 15.0. The first-order chi connectivity index (χ1) is 9.76. The topological polar surface area (TPSA) is 67.5 Å². The SMILES string of the molecule is COc1ncnc(N2CCCN(CCCN)CC2)c1C. The first-order valence-electron chi connectivity index (χ1n) is 7.29. The number of ether oxygens (including phenoxy) is 1. The largest absolute Gasteiger partial charge is 0.481 e. The van der Waals surface area contributed by atoms with E-state index < -0.39 is 0 Å². The molecule has 6 heteroatoms. The molecular formula is C14H25N5O. The molecule has 2 heterocycles. The normalized spacial score (nSPS) is 17.1. The Balaban J connectivity index is 2.03. The van der Waals surface area contributed by atoms with Gasteiger partial charge in [0.25, 0.3) is 0 Å². The Morgan fingerprint density at radius 3 is 2.85 bits per heavy atom. The van der Waals surface area contributed by atoms with Crippen molar-refractivity contribution in [2.75, 3.05) is 51.3 Å². The second-order valence-electron chi connectivity index (χ2n) is 5.16. The van der Waals surface area contributed by atoms with Crippen LogP contribution in [0.2, 0.25) is 0 Å². The van der Waals surface area contributed by atoms with E-state index in [9.17, 15) is 0 Å². The molecule has 2 rings (SSSR count). The van der Waals surface area contributed by atoms with Crippen molar-refractivity contribution in [1.29, 1.82) is 0 Å². The fourth-order valence-corrected chi connectivity index (χ4v) is 2.67. The van der Waals surface area contributed by atoms with Gasteiger partial charge in [-0.25, -0.2) is 9.97 Å². The van der Waals surface area contributed by atoms with Gasteiger partial charge in [0.15, 0.2) is 0 Å². The fraction of sp³-hybridized carbons (Fsp3) is 0.714. The maximum absolute atomic E-state index is 5.59. The average Bonchev–Trinajstić information content (AvgIpc) is 2.71. The number of nitrogens with zero attached hydrogens (tertiary/aromatic N) is 4. The highest BCUT2D eigenvalue weighted by Gasteiger charge is 2.18. The van der Waals surface area contributed by atoms with E-state index in [0.29, 0.717) is 5.88 Å². The number of methoxy groups -OCH3 is 1. The molecule has 0 aromatic carbocycles. The minimum atomic E-state index is 0.666. The Labute approximate surface area is 120 Å². The molecule has 20 heavy (non-hydrogen) atoms. The number of rotatable bonds is 5. The molecule has 0 radical (unpaired) electrons. The highest BCUT2D eigenvalue weighted by atomic mass is 16.5. The molecule has 112 valence electrons. The van der Waals surface area contributed by atoms with E-state index in [1.54, 1.807) is 13.4 Å². The van der Waals surface area contributed by atoms with Crippen LogP contribution >= 0.6 is 0 Å². The highest BCUT2D eigenvalue weighted by molar-refractivity contribution is 5.50. The van der Waals surface area contributed by atoms with Crippen LogP contribution < -0.4 is 15.4 Å². The van der Waals surface area contributed by atoms with Crippen LogP contribution in [-0.4, -0.2) is 61.2 Å². The molecule has 1 aliphatic rings. The molecule has 0 aliphatic carbocycles. The van der Waals surface area contributed by atoms with Gasteiger partial charge in [0.1, 0.15) is 12.1 Å². The third-order valence-corrected chi connectivity index (χ3v) is 3.77. The molecular weight excluding hydrogens is 254 g/mol. The summed E-state index contributed by atoms with van der Waals surface area (Å²) in [6, 6.07) is 0. The zero-order valence-electron chi connectivity index (χ0n) is 12.5. The van der Waals surface area contributed by atoms with Gasteiger partial charge in [0.05, 0.1) is 12.7 Å². The standard InChI is InChI=1S/C14H25N5O/c1-12-13(16-11-17-14(12)20-2)19-8-4-7-18(9-10-19)6-3-5-15/h11H,3-10,15H2,1-2H3. The van der Waals surface area contributed by atoms with Crippen molar-refractivity contribution in [2.45, 2.75) is 19.8 Å². The summed E-state index contributed by atoms with van der Waals surface area (Å²) < 4.78 is 5.28. The Hall–Kier alpha value is -1.40. The van der Waals surface area contributed by atoms with E-state index >= 15 is 0 Å². The van der Waals surface area contributed by atoms with Crippen molar-refractivity contribution in [3.8, 4) is 5.88 Å². The lowest BCUT2D eigenvalue weighted by atomic mass is 10.3. The van der Waals surface area contributed by atoms with Gasteiger partial charge in [0.2, 0.25) is 5.88 Å². The molecule has 0 amide bonds. The number of hydrogen-bond donors (Lipinski definition) is 1. The van der Waals surface area contributed by atoms with E-state index in [-0.39, 0.29) is 0 Å². The van der Waals surface area contributed by atoms with Crippen molar-refractivity contribution < 1.29 is 4.74 Å². The Morgan fingerprint density at radius 1 is 1.25 bits per heavy atom. The number of nitrogens with two attached hydrogens (primary N) is 1. The van der Waals surface area contributed by atoms with Crippen LogP contribution in [0.4, 0.5) is 5.82 Å². The Kier molecular flexibility index (Phi) is 5.55. The second kappa shape index (κ2) is 7.40. The van der Waals surface area contributed by atoms with Crippen LogP contribution in [0.15, 0.2) is 6.33 Å². The quantitative estimate of drug-likeness (QED) is 0.854. The second-order valence-corrected chi connectivity index (χ2v) is 5.16. The lowest BCUT2D eigenvalue weighted by molar-refractivity contribution is 0.291. The van der Waals surface area contributed by atoms with Gasteiger partial charge in [-0.2, -0.15) is 0 Å². The van der Waals surface area contributed by atoms with Crippen LogP contribution in [0, 0.1) is 6.92 Å². The van der Waals surface area contributed by atoms with E-state index in [0.717, 1.165) is 63.5 Å². The van der Waals surface area contributed by atoms with Crippen LogP contribution in [0.1, 0.15) is 18.4 Å². The molecule has 1 fully saturated rings. The third kappa shape index (κ3) is 3.58. The average molecular weight is 279 g/mol. The smallest absolute Gasteiger partial charge is 0.221 e. The van der Waals surface area contributed by atoms with Gasteiger partial charge >= 0.3 is 0 Å². The number of anilines is 1. The molecule has 6 nitrogen and oxygen atoms in total. The zero-order chi connectivity index (χ0) is 14.4. The number of hydrogen-bond acceptors (Lipinski definition) is 6. The van der Waals surface area contributed by atoms with Crippen molar-refractivity contribution in [1.82, 2.24) is 14.9 Å². The highest BCUT2D eigenvalue weighted by Crippen LogP contribution is 2.24. The predicted octanol–water partition coefficient (Wildman–Crippen LogP) is 0.655. The zero-order valence-corrected chi connectivity index (χ0v) is 12.5. The summed E-state index contributed by atoms with van der Waals surface area (Å²) in [5, 5.41) is 0. The molecule has 1 aromatic heterocycles. The summed E-state index contributed by atoms with van der Waals surface area (Å²) in [5.74, 6) is 1.66. The molecule has 1 aromatic rings. The summed E-state index contributed by atoms with van der Waals surface area (Å²) in [5.41, 5.74) is 6.61. The Bertz CT molecular complexity index is 426. The summed E-state index contributed by atoms with van der Waals surface area (Å²) in [6.07, 6.45) is 3.80. The van der Waals surface area contributed by atoms with Gasteiger partial charge in [-0.15, -0.1) is 0 Å². The molecule has 1 aliphatic heterocycles. The van der Waals surface area contributed by atoms with Crippen LogP contribution in [0.3, 0.4) is 0 Å².